The van der Waals surface area contributed by atoms with Crippen LogP contribution in [0.3, 0.4) is 0 Å². The summed E-state index contributed by atoms with van der Waals surface area (Å²) in [5.74, 6) is 0. The van der Waals surface area contributed by atoms with Crippen molar-refractivity contribution in [1.29, 1.82) is 0 Å². The summed E-state index contributed by atoms with van der Waals surface area (Å²) in [7, 11) is 0. The van der Waals surface area contributed by atoms with Gasteiger partial charge in [-0.05, 0) is 30.3 Å². The van der Waals surface area contributed by atoms with Gasteiger partial charge in [-0.1, -0.05) is 28.1 Å². The first kappa shape index (κ1) is 15.3. The van der Waals surface area contributed by atoms with Crippen molar-refractivity contribution in [3.63, 3.8) is 0 Å². The molecule has 25 heavy (non-hydrogen) atoms. The molecule has 2 aromatic heterocycles. The van der Waals surface area contributed by atoms with Gasteiger partial charge < -0.3 is 14.0 Å². The van der Waals surface area contributed by atoms with Gasteiger partial charge >= 0.3 is 0 Å². The number of rotatable bonds is 3. The van der Waals surface area contributed by atoms with Gasteiger partial charge in [0.1, 0.15) is 5.52 Å². The van der Waals surface area contributed by atoms with E-state index in [-0.39, 0.29) is 6.29 Å². The van der Waals surface area contributed by atoms with E-state index >= 15 is 0 Å². The molecule has 3 heterocycles. The number of nitrogens with zero attached hydrogens (tertiary/aromatic N) is 3. The Labute approximate surface area is 152 Å². The van der Waals surface area contributed by atoms with Crippen LogP contribution in [-0.4, -0.2) is 34.0 Å². The fraction of sp³-hybridized carbons (Fsp3) is 0.263. The van der Waals surface area contributed by atoms with Gasteiger partial charge in [0.2, 0.25) is 0 Å². The van der Waals surface area contributed by atoms with Gasteiger partial charge in [-0.2, -0.15) is 0 Å². The van der Waals surface area contributed by atoms with Crippen LogP contribution in [-0.2, 0) is 16.0 Å². The molecule has 0 amide bonds. The van der Waals surface area contributed by atoms with Crippen LogP contribution < -0.4 is 0 Å². The number of para-hydroxylation sites is 2. The molecule has 6 heteroatoms. The number of halogens is 1. The number of fused-ring (bicyclic) bond motifs is 4. The van der Waals surface area contributed by atoms with E-state index in [9.17, 15) is 0 Å². The molecule has 0 N–H and O–H groups in total. The first-order chi connectivity index (χ1) is 12.3. The zero-order valence-corrected chi connectivity index (χ0v) is 15.1. The molecule has 0 saturated carbocycles. The normalized spacial score (nSPS) is 15.7. The Kier molecular flexibility index (Phi) is 3.69. The molecule has 5 nitrogen and oxygen atoms in total. The van der Waals surface area contributed by atoms with E-state index < -0.39 is 0 Å². The first-order valence-electron chi connectivity index (χ1n) is 8.37. The molecule has 0 radical (unpaired) electrons. The number of ether oxygens (including phenoxy) is 2. The molecule has 0 spiro atoms. The fourth-order valence-corrected chi connectivity index (χ4v) is 3.80. The minimum atomic E-state index is -0.128. The second-order valence-electron chi connectivity index (χ2n) is 6.16. The quantitative estimate of drug-likeness (QED) is 0.518. The average Bonchev–Trinajstić information content (AvgIpc) is 3.24. The number of benzene rings is 2. The highest BCUT2D eigenvalue weighted by molar-refractivity contribution is 9.10. The third-order valence-electron chi connectivity index (χ3n) is 4.59. The van der Waals surface area contributed by atoms with E-state index in [0.717, 1.165) is 50.5 Å². The maximum atomic E-state index is 5.59. The third kappa shape index (κ3) is 2.61. The number of aryl methyl sites for hydroxylation is 1. The fourth-order valence-electron chi connectivity index (χ4n) is 3.44. The maximum absolute atomic E-state index is 5.59. The van der Waals surface area contributed by atoms with E-state index in [4.69, 9.17) is 19.4 Å². The minimum Gasteiger partial charge on any atom is -0.350 e. The summed E-state index contributed by atoms with van der Waals surface area (Å²) < 4.78 is 14.4. The van der Waals surface area contributed by atoms with Gasteiger partial charge in [0.05, 0.1) is 29.8 Å². The number of hydrogen-bond donors (Lipinski definition) is 0. The van der Waals surface area contributed by atoms with Gasteiger partial charge in [-0.15, -0.1) is 0 Å². The predicted octanol–water partition coefficient (Wildman–Crippen LogP) is 4.26. The zero-order valence-electron chi connectivity index (χ0n) is 13.5. The molecular formula is C19H16BrN3O2. The first-order valence-corrected chi connectivity index (χ1v) is 9.16. The van der Waals surface area contributed by atoms with Crippen molar-refractivity contribution in [3.05, 3.63) is 46.9 Å². The highest BCUT2D eigenvalue weighted by Gasteiger charge is 2.19. The van der Waals surface area contributed by atoms with Gasteiger partial charge in [0.25, 0.3) is 0 Å². The summed E-state index contributed by atoms with van der Waals surface area (Å²) >= 11 is 3.57. The Morgan fingerprint density at radius 2 is 1.80 bits per heavy atom. The van der Waals surface area contributed by atoms with Gasteiger partial charge in [-0.3, -0.25) is 0 Å². The summed E-state index contributed by atoms with van der Waals surface area (Å²) in [5.41, 5.74) is 4.79. The predicted molar refractivity (Wildman–Crippen MR) is 101 cm³/mol. The van der Waals surface area contributed by atoms with Crippen molar-refractivity contribution in [2.75, 3.05) is 13.2 Å². The summed E-state index contributed by atoms with van der Waals surface area (Å²) in [6.07, 6.45) is 0.667. The van der Waals surface area contributed by atoms with Crippen LogP contribution >= 0.6 is 15.9 Å². The monoisotopic (exact) mass is 397 g/mol. The Morgan fingerprint density at radius 3 is 2.60 bits per heavy atom. The Balaban J connectivity index is 1.72. The lowest BCUT2D eigenvalue weighted by molar-refractivity contribution is -0.0487. The Bertz CT molecular complexity index is 1090. The zero-order chi connectivity index (χ0) is 16.8. The molecule has 4 aromatic rings. The number of aromatic nitrogens is 3. The summed E-state index contributed by atoms with van der Waals surface area (Å²) in [5, 5.41) is 1.11. The summed E-state index contributed by atoms with van der Waals surface area (Å²) in [6.45, 7) is 2.13. The van der Waals surface area contributed by atoms with E-state index in [0.29, 0.717) is 13.2 Å². The van der Waals surface area contributed by atoms with Crippen molar-refractivity contribution in [1.82, 2.24) is 14.5 Å². The second-order valence-corrected chi connectivity index (χ2v) is 7.07. The average molecular weight is 398 g/mol. The number of hydrogen-bond acceptors (Lipinski definition) is 4. The van der Waals surface area contributed by atoms with Crippen molar-refractivity contribution >= 4 is 49.0 Å². The molecule has 1 fully saturated rings. The minimum absolute atomic E-state index is 0.128. The van der Waals surface area contributed by atoms with Crippen LogP contribution in [0.1, 0.15) is 6.42 Å². The SMILES string of the molecule is Brc1ccc2c(c1)c1nc3ccccc3nc1n2CCC1OCCO1. The van der Waals surface area contributed by atoms with Gasteiger partial charge in [-0.25, -0.2) is 9.97 Å². The largest absolute Gasteiger partial charge is 0.350 e. The lowest BCUT2D eigenvalue weighted by atomic mass is 10.2. The van der Waals surface area contributed by atoms with Crippen LogP contribution in [0.4, 0.5) is 0 Å². The molecule has 0 aliphatic carbocycles. The molecule has 0 atom stereocenters. The van der Waals surface area contributed by atoms with Crippen LogP contribution in [0.2, 0.25) is 0 Å². The highest BCUT2D eigenvalue weighted by atomic mass is 79.9. The van der Waals surface area contributed by atoms with Crippen LogP contribution in [0.15, 0.2) is 46.9 Å². The van der Waals surface area contributed by atoms with Gasteiger partial charge in [0.15, 0.2) is 11.9 Å². The molecule has 126 valence electrons. The molecule has 1 aliphatic rings. The van der Waals surface area contributed by atoms with Crippen molar-refractivity contribution in [3.8, 4) is 0 Å². The molecule has 2 aromatic carbocycles. The van der Waals surface area contributed by atoms with Crippen LogP contribution in [0.25, 0.3) is 33.1 Å². The lowest BCUT2D eigenvalue weighted by Crippen LogP contribution is -2.12. The topological polar surface area (TPSA) is 49.2 Å². The highest BCUT2D eigenvalue weighted by Crippen LogP contribution is 2.31. The van der Waals surface area contributed by atoms with Crippen molar-refractivity contribution in [2.24, 2.45) is 0 Å². The smallest absolute Gasteiger partial charge is 0.160 e. The second kappa shape index (κ2) is 6.05. The van der Waals surface area contributed by atoms with Gasteiger partial charge in [0, 0.05) is 22.8 Å². The molecule has 0 unspecified atom stereocenters. The van der Waals surface area contributed by atoms with Crippen molar-refractivity contribution < 1.29 is 9.47 Å². The van der Waals surface area contributed by atoms with E-state index in [1.54, 1.807) is 0 Å². The molecule has 5 rings (SSSR count). The molecule has 1 saturated heterocycles. The molecule has 1 aliphatic heterocycles. The van der Waals surface area contributed by atoms with E-state index in [2.05, 4.69) is 38.7 Å². The van der Waals surface area contributed by atoms with Crippen LogP contribution in [0.5, 0.6) is 0 Å². The summed E-state index contributed by atoms with van der Waals surface area (Å²) in [4.78, 5) is 9.77. The molecule has 0 bridgehead atoms. The standard InChI is InChI=1S/C19H16BrN3O2/c20-12-5-6-16-13(11-12)18-19(22-15-4-2-1-3-14(15)21-18)23(16)8-7-17-24-9-10-25-17/h1-6,11,17H,7-10H2. The Hall–Kier alpha value is -2.02. The summed E-state index contributed by atoms with van der Waals surface area (Å²) in [6, 6.07) is 14.3. The third-order valence-corrected chi connectivity index (χ3v) is 5.08. The maximum Gasteiger partial charge on any atom is 0.160 e. The molecular weight excluding hydrogens is 382 g/mol. The van der Waals surface area contributed by atoms with Crippen LogP contribution in [0, 0.1) is 0 Å². The van der Waals surface area contributed by atoms with Crippen molar-refractivity contribution in [2.45, 2.75) is 19.3 Å². The lowest BCUT2D eigenvalue weighted by Gasteiger charge is -2.11. The van der Waals surface area contributed by atoms with E-state index in [1.165, 1.54) is 0 Å². The van der Waals surface area contributed by atoms with E-state index in [1.807, 2.05) is 24.3 Å². The Morgan fingerprint density at radius 1 is 1.04 bits per heavy atom.